The van der Waals surface area contributed by atoms with Crippen molar-refractivity contribution in [3.8, 4) is 0 Å². The van der Waals surface area contributed by atoms with Gasteiger partial charge in [-0.1, -0.05) is 49.3 Å². The highest BCUT2D eigenvalue weighted by atomic mass is 127. The van der Waals surface area contributed by atoms with E-state index in [1.807, 2.05) is 0 Å². The molecule has 0 radical (unpaired) electrons. The van der Waals surface area contributed by atoms with E-state index in [9.17, 15) is 0 Å². The SMILES string of the molecule is CCCC(CCC)CNCI. The zero-order valence-electron chi connectivity index (χ0n) is 7.70. The van der Waals surface area contributed by atoms with Gasteiger partial charge in [0.25, 0.3) is 0 Å². The van der Waals surface area contributed by atoms with Crippen molar-refractivity contribution in [2.45, 2.75) is 39.5 Å². The third kappa shape index (κ3) is 7.06. The Hall–Kier alpha value is 0.690. The minimum absolute atomic E-state index is 0.916. The van der Waals surface area contributed by atoms with Crippen molar-refractivity contribution in [2.75, 3.05) is 11.1 Å². The van der Waals surface area contributed by atoms with E-state index in [0.717, 1.165) is 10.5 Å². The van der Waals surface area contributed by atoms with Crippen molar-refractivity contribution in [3.63, 3.8) is 0 Å². The maximum atomic E-state index is 3.40. The Morgan fingerprint density at radius 3 is 2.09 bits per heavy atom. The maximum absolute atomic E-state index is 3.40. The van der Waals surface area contributed by atoms with Gasteiger partial charge >= 0.3 is 0 Å². The van der Waals surface area contributed by atoms with Gasteiger partial charge in [0.15, 0.2) is 0 Å². The van der Waals surface area contributed by atoms with Crippen LogP contribution in [0.25, 0.3) is 0 Å². The summed E-state index contributed by atoms with van der Waals surface area (Å²) < 4.78 is 1.09. The van der Waals surface area contributed by atoms with Gasteiger partial charge in [0.1, 0.15) is 0 Å². The molecule has 0 bridgehead atoms. The summed E-state index contributed by atoms with van der Waals surface area (Å²) >= 11 is 2.37. The molecule has 68 valence electrons. The van der Waals surface area contributed by atoms with Crippen LogP contribution in [-0.2, 0) is 0 Å². The van der Waals surface area contributed by atoms with Crippen molar-refractivity contribution in [1.82, 2.24) is 5.32 Å². The molecule has 0 aliphatic carbocycles. The molecule has 0 amide bonds. The third-order valence-electron chi connectivity index (χ3n) is 1.92. The van der Waals surface area contributed by atoms with Crippen LogP contribution in [0.2, 0.25) is 0 Å². The number of nitrogens with one attached hydrogen (secondary N) is 1. The first-order valence-corrected chi connectivity index (χ1v) is 6.14. The van der Waals surface area contributed by atoms with Crippen molar-refractivity contribution in [2.24, 2.45) is 5.92 Å². The molecule has 0 fully saturated rings. The maximum Gasteiger partial charge on any atom is 0.0480 e. The summed E-state index contributed by atoms with van der Waals surface area (Å²) in [7, 11) is 0. The number of alkyl halides is 1. The summed E-state index contributed by atoms with van der Waals surface area (Å²) in [5, 5.41) is 3.40. The first-order valence-electron chi connectivity index (χ1n) is 4.61. The first kappa shape index (κ1) is 11.7. The molecule has 1 N–H and O–H groups in total. The molecule has 0 aromatic carbocycles. The number of halogens is 1. The topological polar surface area (TPSA) is 12.0 Å². The number of hydrogen-bond acceptors (Lipinski definition) is 1. The van der Waals surface area contributed by atoms with Crippen molar-refractivity contribution in [3.05, 3.63) is 0 Å². The van der Waals surface area contributed by atoms with Crippen LogP contribution in [0.1, 0.15) is 39.5 Å². The van der Waals surface area contributed by atoms with Crippen molar-refractivity contribution in [1.29, 1.82) is 0 Å². The predicted molar refractivity (Wildman–Crippen MR) is 60.2 cm³/mol. The Morgan fingerprint density at radius 1 is 1.18 bits per heavy atom. The zero-order chi connectivity index (χ0) is 8.53. The lowest BCUT2D eigenvalue weighted by molar-refractivity contribution is 0.423. The molecule has 0 spiro atoms. The van der Waals surface area contributed by atoms with Crippen LogP contribution in [0.3, 0.4) is 0 Å². The number of hydrogen-bond donors (Lipinski definition) is 1. The van der Waals surface area contributed by atoms with Crippen molar-refractivity contribution >= 4 is 22.6 Å². The van der Waals surface area contributed by atoms with Crippen molar-refractivity contribution < 1.29 is 0 Å². The quantitative estimate of drug-likeness (QED) is 0.425. The monoisotopic (exact) mass is 269 g/mol. The molecule has 0 rings (SSSR count). The van der Waals surface area contributed by atoms with Gasteiger partial charge in [-0.15, -0.1) is 0 Å². The van der Waals surface area contributed by atoms with E-state index in [4.69, 9.17) is 0 Å². The molecule has 0 saturated carbocycles. The van der Waals surface area contributed by atoms with E-state index in [-0.39, 0.29) is 0 Å². The Labute approximate surface area is 84.5 Å². The smallest absolute Gasteiger partial charge is 0.0480 e. The zero-order valence-corrected chi connectivity index (χ0v) is 9.86. The molecule has 0 aliphatic heterocycles. The summed E-state index contributed by atoms with van der Waals surface area (Å²) in [4.78, 5) is 0. The van der Waals surface area contributed by atoms with Gasteiger partial charge in [-0.3, -0.25) is 0 Å². The van der Waals surface area contributed by atoms with E-state index in [0.29, 0.717) is 0 Å². The number of rotatable bonds is 7. The molecule has 0 atom stereocenters. The Morgan fingerprint density at radius 2 is 1.73 bits per heavy atom. The van der Waals surface area contributed by atoms with E-state index in [1.54, 1.807) is 0 Å². The Balaban J connectivity index is 3.34. The minimum Gasteiger partial charge on any atom is -0.308 e. The Kier molecular flexibility index (Phi) is 9.33. The predicted octanol–water partition coefficient (Wildman–Crippen LogP) is 3.18. The van der Waals surface area contributed by atoms with Crippen LogP contribution >= 0.6 is 22.6 Å². The van der Waals surface area contributed by atoms with E-state index in [1.165, 1.54) is 32.2 Å². The standard InChI is InChI=1S/C9H20IN/c1-3-5-9(6-4-2)7-11-8-10/h9,11H,3-8H2,1-2H3. The summed E-state index contributed by atoms with van der Waals surface area (Å²) in [6, 6.07) is 0. The van der Waals surface area contributed by atoms with Gasteiger partial charge in [-0.2, -0.15) is 0 Å². The molecular weight excluding hydrogens is 249 g/mol. The normalized spacial score (nSPS) is 10.9. The fourth-order valence-electron chi connectivity index (χ4n) is 1.42. The van der Waals surface area contributed by atoms with Gasteiger partial charge < -0.3 is 5.32 Å². The highest BCUT2D eigenvalue weighted by Crippen LogP contribution is 2.11. The van der Waals surface area contributed by atoms with E-state index < -0.39 is 0 Å². The molecule has 11 heavy (non-hydrogen) atoms. The molecule has 0 aromatic rings. The summed E-state index contributed by atoms with van der Waals surface area (Å²) in [5.41, 5.74) is 0. The lowest BCUT2D eigenvalue weighted by atomic mass is 9.98. The average Bonchev–Trinajstić information content (AvgIpc) is 2.01. The highest BCUT2D eigenvalue weighted by Gasteiger charge is 2.04. The molecule has 0 aliphatic rings. The van der Waals surface area contributed by atoms with E-state index in [2.05, 4.69) is 41.8 Å². The van der Waals surface area contributed by atoms with Gasteiger partial charge in [0, 0.05) is 4.55 Å². The lowest BCUT2D eigenvalue weighted by Crippen LogP contribution is -2.21. The fraction of sp³-hybridized carbons (Fsp3) is 1.00. The molecule has 0 unspecified atom stereocenters. The molecule has 2 heteroatoms. The molecule has 0 aromatic heterocycles. The van der Waals surface area contributed by atoms with Crippen LogP contribution < -0.4 is 5.32 Å². The van der Waals surface area contributed by atoms with E-state index >= 15 is 0 Å². The molecule has 1 nitrogen and oxygen atoms in total. The molecule has 0 saturated heterocycles. The second-order valence-electron chi connectivity index (χ2n) is 3.03. The van der Waals surface area contributed by atoms with Crippen LogP contribution in [0.4, 0.5) is 0 Å². The van der Waals surface area contributed by atoms with Crippen LogP contribution in [0.5, 0.6) is 0 Å². The van der Waals surface area contributed by atoms with Gasteiger partial charge in [0.05, 0.1) is 0 Å². The Bertz CT molecular complexity index is 70.0. The second-order valence-corrected chi connectivity index (χ2v) is 3.79. The highest BCUT2D eigenvalue weighted by molar-refractivity contribution is 14.1. The molecule has 0 heterocycles. The lowest BCUT2D eigenvalue weighted by Gasteiger charge is -2.14. The van der Waals surface area contributed by atoms with Gasteiger partial charge in [0.2, 0.25) is 0 Å². The largest absolute Gasteiger partial charge is 0.308 e. The summed E-state index contributed by atoms with van der Waals surface area (Å²) in [5.74, 6) is 0.916. The third-order valence-corrected chi connectivity index (χ3v) is 2.46. The second kappa shape index (κ2) is 8.78. The molecular formula is C9H20IN. The minimum atomic E-state index is 0.916. The van der Waals surface area contributed by atoms with Gasteiger partial charge in [-0.05, 0) is 25.3 Å². The first-order chi connectivity index (χ1) is 5.35. The van der Waals surface area contributed by atoms with Crippen LogP contribution in [0.15, 0.2) is 0 Å². The fourth-order valence-corrected chi connectivity index (χ4v) is 1.74. The summed E-state index contributed by atoms with van der Waals surface area (Å²) in [6.45, 7) is 5.75. The van der Waals surface area contributed by atoms with Crippen LogP contribution in [-0.4, -0.2) is 11.1 Å². The average molecular weight is 269 g/mol. The summed E-state index contributed by atoms with van der Waals surface area (Å²) in [6.07, 6.45) is 5.43. The van der Waals surface area contributed by atoms with Crippen LogP contribution in [0, 0.1) is 5.92 Å². The van der Waals surface area contributed by atoms with Gasteiger partial charge in [-0.25, -0.2) is 0 Å².